The molecular formula is C39H50N18O4. The lowest BCUT2D eigenvalue weighted by Gasteiger charge is -2.33. The number of aliphatic hydroxyl groups is 2. The summed E-state index contributed by atoms with van der Waals surface area (Å²) in [4.78, 5) is 43.9. The third-order valence-electron chi connectivity index (χ3n) is 10.1. The van der Waals surface area contributed by atoms with Crippen LogP contribution in [-0.4, -0.2) is 108 Å². The number of amides is 2. The van der Waals surface area contributed by atoms with Gasteiger partial charge in [0, 0.05) is 35.9 Å². The van der Waals surface area contributed by atoms with Gasteiger partial charge in [-0.25, -0.2) is 9.97 Å². The maximum atomic E-state index is 11.9. The van der Waals surface area contributed by atoms with Crippen molar-refractivity contribution in [3.8, 4) is 11.4 Å². The summed E-state index contributed by atoms with van der Waals surface area (Å²) in [5.41, 5.74) is 26.3. The Balaban J connectivity index is 0.000000201. The SMILES string of the molecule is C.NC(=O)c1cnc(N[C@@H]2CCC[C@H](O)[C@@H]2N)nc1Nc1cccc(-n2nccn2)c1.NC(=O)c1cnc(N[C@@H]2[C@H](O)CCC[C@@H]2N)nc1Nc1cccc(-n2nccn2)c1. The lowest BCUT2D eigenvalue weighted by Crippen LogP contribution is -2.51. The van der Waals surface area contributed by atoms with Crippen LogP contribution in [0.5, 0.6) is 0 Å². The Morgan fingerprint density at radius 2 is 1.13 bits per heavy atom. The number of nitrogens with one attached hydrogen (secondary N) is 4. The Hall–Kier alpha value is -7.14. The zero-order valence-electron chi connectivity index (χ0n) is 32.3. The summed E-state index contributed by atoms with van der Waals surface area (Å²) < 4.78 is 0. The Kier molecular flexibility index (Phi) is 14.1. The van der Waals surface area contributed by atoms with Gasteiger partial charge in [-0.05, 0) is 74.9 Å². The highest BCUT2D eigenvalue weighted by molar-refractivity contribution is 5.98. The molecule has 8 rings (SSSR count). The van der Waals surface area contributed by atoms with Gasteiger partial charge in [-0.2, -0.15) is 40.0 Å². The lowest BCUT2D eigenvalue weighted by molar-refractivity contribution is 0.0991. The zero-order chi connectivity index (χ0) is 42.2. The average Bonchev–Trinajstić information content (AvgIpc) is 3.98. The van der Waals surface area contributed by atoms with Crippen molar-refractivity contribution in [2.45, 2.75) is 82.3 Å². The van der Waals surface area contributed by atoms with Gasteiger partial charge in [0.2, 0.25) is 11.9 Å². The summed E-state index contributed by atoms with van der Waals surface area (Å²) in [6, 6.07) is 13.4. The Morgan fingerprint density at radius 1 is 0.656 bits per heavy atom. The Morgan fingerprint density at radius 3 is 1.62 bits per heavy atom. The van der Waals surface area contributed by atoms with Crippen LogP contribution >= 0.6 is 0 Å². The third kappa shape index (κ3) is 10.7. The molecular weight excluding hydrogens is 785 g/mol. The number of hydrogen-bond donors (Lipinski definition) is 10. The molecule has 22 nitrogen and oxygen atoms in total. The fraction of sp³-hybridized carbons (Fsp3) is 0.333. The molecule has 6 aromatic rings. The van der Waals surface area contributed by atoms with E-state index in [1.807, 2.05) is 42.5 Å². The minimum atomic E-state index is -0.664. The molecule has 61 heavy (non-hydrogen) atoms. The molecule has 2 saturated carbocycles. The first-order chi connectivity index (χ1) is 29.0. The number of benzene rings is 2. The first-order valence-electron chi connectivity index (χ1n) is 19.2. The second-order valence-corrected chi connectivity index (χ2v) is 14.3. The fourth-order valence-electron chi connectivity index (χ4n) is 6.94. The van der Waals surface area contributed by atoms with E-state index in [0.717, 1.165) is 37.1 Å². The normalized spacial score (nSPS) is 20.9. The van der Waals surface area contributed by atoms with E-state index in [9.17, 15) is 19.8 Å². The molecule has 2 fully saturated rings. The van der Waals surface area contributed by atoms with Gasteiger partial charge in [0.15, 0.2) is 0 Å². The van der Waals surface area contributed by atoms with Gasteiger partial charge in [-0.15, -0.1) is 0 Å². The van der Waals surface area contributed by atoms with Crippen LogP contribution in [-0.2, 0) is 0 Å². The number of nitrogens with two attached hydrogens (primary N) is 4. The van der Waals surface area contributed by atoms with Crippen LogP contribution in [0.1, 0.15) is 66.7 Å². The number of aliphatic hydroxyl groups excluding tert-OH is 2. The molecule has 0 aliphatic heterocycles. The van der Waals surface area contributed by atoms with E-state index >= 15 is 0 Å². The van der Waals surface area contributed by atoms with Gasteiger partial charge in [0.25, 0.3) is 11.8 Å². The number of primary amides is 2. The minimum Gasteiger partial charge on any atom is -0.391 e. The molecule has 320 valence electrons. The van der Waals surface area contributed by atoms with E-state index in [1.54, 1.807) is 30.9 Å². The number of hydrogen-bond acceptors (Lipinski definition) is 18. The first kappa shape index (κ1) is 43.4. The highest BCUT2D eigenvalue weighted by atomic mass is 16.3. The summed E-state index contributed by atoms with van der Waals surface area (Å²) in [7, 11) is 0. The van der Waals surface area contributed by atoms with Crippen molar-refractivity contribution in [2.75, 3.05) is 21.3 Å². The van der Waals surface area contributed by atoms with Crippen LogP contribution < -0.4 is 44.2 Å². The van der Waals surface area contributed by atoms with Gasteiger partial charge in [-0.3, -0.25) is 9.59 Å². The molecule has 4 heterocycles. The molecule has 14 N–H and O–H groups in total. The van der Waals surface area contributed by atoms with Crippen molar-refractivity contribution >= 4 is 46.7 Å². The molecule has 2 aliphatic rings. The highest BCUT2D eigenvalue weighted by Gasteiger charge is 2.31. The first-order valence-corrected chi connectivity index (χ1v) is 19.2. The smallest absolute Gasteiger partial charge is 0.254 e. The van der Waals surface area contributed by atoms with Crippen LogP contribution in [0.25, 0.3) is 11.4 Å². The Bertz CT molecular complexity index is 2370. The van der Waals surface area contributed by atoms with E-state index in [4.69, 9.17) is 22.9 Å². The van der Waals surface area contributed by atoms with Crippen molar-refractivity contribution in [3.63, 3.8) is 0 Å². The zero-order valence-corrected chi connectivity index (χ0v) is 32.3. The van der Waals surface area contributed by atoms with E-state index in [-0.39, 0.29) is 54.3 Å². The maximum Gasteiger partial charge on any atom is 0.254 e. The Labute approximate surface area is 350 Å². The standard InChI is InChI=1S/2C19H23N9O2.CH4/c20-16-14(5-2-6-15(16)29)26-19-22-10-13(17(21)30)18(27-19)25-11-3-1-4-12(9-11)28-23-7-8-24-28;20-14-5-2-6-15(29)16(14)26-19-22-10-13(17(21)30)18(27-19)25-11-3-1-4-12(9-11)28-23-7-8-24-28;/h2*1,3-4,7-10,14-16,29H,2,5-6,20H2,(H2,21,30)(H2,22,25,26,27);1H4/t2*14-,15+,16-;/m10./s1. The van der Waals surface area contributed by atoms with Crippen LogP contribution in [0.4, 0.5) is 34.9 Å². The molecule has 2 aromatic carbocycles. The summed E-state index contributed by atoms with van der Waals surface area (Å²) in [6.07, 6.45) is 12.5. The van der Waals surface area contributed by atoms with Crippen LogP contribution in [0.15, 0.2) is 85.7 Å². The van der Waals surface area contributed by atoms with Gasteiger partial charge in [0.05, 0.1) is 60.5 Å². The number of carbonyl (C=O) groups is 2. The van der Waals surface area contributed by atoms with Gasteiger partial charge >= 0.3 is 0 Å². The molecule has 0 spiro atoms. The molecule has 4 aromatic heterocycles. The van der Waals surface area contributed by atoms with Crippen molar-refractivity contribution in [2.24, 2.45) is 22.9 Å². The average molecular weight is 835 g/mol. The van der Waals surface area contributed by atoms with Crippen molar-refractivity contribution in [1.82, 2.24) is 49.9 Å². The lowest BCUT2D eigenvalue weighted by atomic mass is 9.88. The third-order valence-corrected chi connectivity index (χ3v) is 10.1. The number of aromatic nitrogens is 10. The topological polar surface area (TPSA) is 340 Å². The molecule has 22 heteroatoms. The molecule has 0 bridgehead atoms. The second-order valence-electron chi connectivity index (χ2n) is 14.3. The van der Waals surface area contributed by atoms with Gasteiger partial charge in [-0.1, -0.05) is 19.6 Å². The molecule has 0 radical (unpaired) electrons. The summed E-state index contributed by atoms with van der Waals surface area (Å²) in [5, 5.41) is 49.2. The molecule has 6 atom stereocenters. The maximum absolute atomic E-state index is 11.9. The highest BCUT2D eigenvalue weighted by Crippen LogP contribution is 2.26. The fourth-order valence-corrected chi connectivity index (χ4v) is 6.94. The van der Waals surface area contributed by atoms with E-state index in [1.165, 1.54) is 22.0 Å². The number of rotatable bonds is 12. The summed E-state index contributed by atoms with van der Waals surface area (Å²) in [5.74, 6) is -0.280. The van der Waals surface area contributed by atoms with E-state index in [2.05, 4.69) is 61.6 Å². The molecule has 0 unspecified atom stereocenters. The van der Waals surface area contributed by atoms with E-state index < -0.39 is 30.1 Å². The molecule has 2 amide bonds. The predicted octanol–water partition coefficient (Wildman–Crippen LogP) is 1.74. The quantitative estimate of drug-likeness (QED) is 0.0839. The van der Waals surface area contributed by atoms with Crippen molar-refractivity contribution in [3.05, 3.63) is 96.8 Å². The number of carbonyl (C=O) groups excluding carboxylic acids is 2. The molecule has 0 saturated heterocycles. The van der Waals surface area contributed by atoms with Crippen LogP contribution in [0.2, 0.25) is 0 Å². The monoisotopic (exact) mass is 834 g/mol. The van der Waals surface area contributed by atoms with Gasteiger partial charge < -0.3 is 54.4 Å². The molecule has 2 aliphatic carbocycles. The summed E-state index contributed by atoms with van der Waals surface area (Å²) >= 11 is 0. The predicted molar refractivity (Wildman–Crippen MR) is 228 cm³/mol. The van der Waals surface area contributed by atoms with Crippen LogP contribution in [0, 0.1) is 0 Å². The number of nitrogens with zero attached hydrogens (tertiary/aromatic N) is 10. The number of anilines is 6. The van der Waals surface area contributed by atoms with Gasteiger partial charge in [0.1, 0.15) is 22.8 Å². The largest absolute Gasteiger partial charge is 0.391 e. The summed E-state index contributed by atoms with van der Waals surface area (Å²) in [6.45, 7) is 0. The van der Waals surface area contributed by atoms with Crippen molar-refractivity contribution < 1.29 is 19.8 Å². The van der Waals surface area contributed by atoms with E-state index in [0.29, 0.717) is 30.2 Å². The van der Waals surface area contributed by atoms with Crippen LogP contribution in [0.3, 0.4) is 0 Å². The van der Waals surface area contributed by atoms with Crippen molar-refractivity contribution in [1.29, 1.82) is 0 Å². The minimum absolute atomic E-state index is 0. The second kappa shape index (κ2) is 19.7.